The number of halogens is 3. The van der Waals surface area contributed by atoms with Crippen LogP contribution in [0.15, 0.2) is 22.7 Å². The molecule has 0 aliphatic heterocycles. The highest BCUT2D eigenvalue weighted by Gasteiger charge is 2.29. The van der Waals surface area contributed by atoms with Gasteiger partial charge >= 0.3 is 0 Å². The van der Waals surface area contributed by atoms with Gasteiger partial charge in [0.05, 0.1) is 15.2 Å². The third-order valence-electron chi connectivity index (χ3n) is 2.90. The van der Waals surface area contributed by atoms with Crippen LogP contribution in [0.2, 0.25) is 10.0 Å². The molecule has 1 N–H and O–H groups in total. The lowest BCUT2D eigenvalue weighted by molar-refractivity contribution is 0.963. The molecule has 17 heavy (non-hydrogen) atoms. The Balaban J connectivity index is 2.08. The first-order valence-corrected chi connectivity index (χ1v) is 6.91. The molecule has 0 radical (unpaired) electrons. The number of aromatic nitrogens is 2. The first-order chi connectivity index (χ1) is 8.16. The van der Waals surface area contributed by atoms with Crippen LogP contribution in [0.3, 0.4) is 0 Å². The van der Waals surface area contributed by atoms with E-state index >= 15 is 0 Å². The van der Waals surface area contributed by atoms with Gasteiger partial charge in [0.2, 0.25) is 0 Å². The van der Waals surface area contributed by atoms with E-state index < -0.39 is 0 Å². The van der Waals surface area contributed by atoms with Crippen molar-refractivity contribution in [3.8, 4) is 11.3 Å². The van der Waals surface area contributed by atoms with Crippen LogP contribution in [-0.4, -0.2) is 10.2 Å². The van der Waals surface area contributed by atoms with Gasteiger partial charge in [-0.15, -0.1) is 0 Å². The fourth-order valence-electron chi connectivity index (χ4n) is 1.84. The average molecular weight is 332 g/mol. The van der Waals surface area contributed by atoms with E-state index in [1.165, 1.54) is 18.5 Å². The Labute approximate surface area is 117 Å². The smallest absolute Gasteiger partial charge is 0.108 e. The molecule has 1 aliphatic carbocycles. The van der Waals surface area contributed by atoms with Gasteiger partial charge in [-0.2, -0.15) is 5.10 Å². The third kappa shape index (κ3) is 2.12. The Hall–Kier alpha value is -0.510. The van der Waals surface area contributed by atoms with Crippen molar-refractivity contribution in [2.24, 2.45) is 0 Å². The van der Waals surface area contributed by atoms with Crippen molar-refractivity contribution < 1.29 is 0 Å². The lowest BCUT2D eigenvalue weighted by Gasteiger charge is -2.02. The van der Waals surface area contributed by atoms with Gasteiger partial charge in [-0.25, -0.2) is 0 Å². The first-order valence-electron chi connectivity index (χ1n) is 5.36. The standard InChI is InChI=1S/C12H9BrCl2N2/c13-10-11(6-1-2-6)16-17-12(10)8-4-3-7(14)5-9(8)15/h3-6H,1-2H2,(H,16,17). The van der Waals surface area contributed by atoms with Gasteiger partial charge in [-0.05, 0) is 47.0 Å². The van der Waals surface area contributed by atoms with Crippen LogP contribution in [0.1, 0.15) is 24.5 Å². The van der Waals surface area contributed by atoms with Gasteiger partial charge in [0.15, 0.2) is 0 Å². The van der Waals surface area contributed by atoms with Crippen molar-refractivity contribution >= 4 is 39.1 Å². The molecule has 88 valence electrons. The summed E-state index contributed by atoms with van der Waals surface area (Å²) in [5.41, 5.74) is 2.92. The van der Waals surface area contributed by atoms with E-state index in [2.05, 4.69) is 26.1 Å². The highest BCUT2D eigenvalue weighted by atomic mass is 79.9. The number of benzene rings is 1. The predicted molar refractivity (Wildman–Crippen MR) is 73.7 cm³/mol. The minimum absolute atomic E-state index is 0.618. The zero-order valence-electron chi connectivity index (χ0n) is 8.80. The number of H-pyrrole nitrogens is 1. The van der Waals surface area contributed by atoms with E-state index in [4.69, 9.17) is 23.2 Å². The van der Waals surface area contributed by atoms with Gasteiger partial charge < -0.3 is 0 Å². The van der Waals surface area contributed by atoms with E-state index in [1.54, 1.807) is 6.07 Å². The van der Waals surface area contributed by atoms with Crippen LogP contribution in [0.25, 0.3) is 11.3 Å². The highest BCUT2D eigenvalue weighted by molar-refractivity contribution is 9.10. The number of rotatable bonds is 2. The van der Waals surface area contributed by atoms with Gasteiger partial charge in [0, 0.05) is 16.5 Å². The maximum Gasteiger partial charge on any atom is 0.108 e. The topological polar surface area (TPSA) is 28.7 Å². The minimum atomic E-state index is 0.618. The van der Waals surface area contributed by atoms with Crippen LogP contribution < -0.4 is 0 Å². The highest BCUT2D eigenvalue weighted by Crippen LogP contribution is 2.45. The summed E-state index contributed by atoms with van der Waals surface area (Å²) >= 11 is 15.7. The molecular formula is C12H9BrCl2N2. The molecule has 0 atom stereocenters. The van der Waals surface area contributed by atoms with Crippen molar-refractivity contribution in [2.45, 2.75) is 18.8 Å². The molecule has 1 heterocycles. The van der Waals surface area contributed by atoms with E-state index in [-0.39, 0.29) is 0 Å². The Kier molecular flexibility index (Phi) is 2.93. The second-order valence-electron chi connectivity index (χ2n) is 4.20. The fourth-order valence-corrected chi connectivity index (χ4v) is 3.06. The van der Waals surface area contributed by atoms with E-state index in [9.17, 15) is 0 Å². The van der Waals surface area contributed by atoms with Crippen molar-refractivity contribution in [3.05, 3.63) is 38.4 Å². The predicted octanol–water partition coefficient (Wildman–Crippen LogP) is 5.02. The molecule has 1 fully saturated rings. The maximum atomic E-state index is 6.18. The molecule has 2 aromatic rings. The molecule has 1 aromatic heterocycles. The van der Waals surface area contributed by atoms with E-state index in [0.29, 0.717) is 16.0 Å². The Morgan fingerprint density at radius 3 is 2.71 bits per heavy atom. The molecule has 0 saturated heterocycles. The van der Waals surface area contributed by atoms with E-state index in [0.717, 1.165) is 15.7 Å². The van der Waals surface area contributed by atoms with Crippen LogP contribution >= 0.6 is 39.1 Å². The van der Waals surface area contributed by atoms with Crippen LogP contribution in [-0.2, 0) is 0 Å². The van der Waals surface area contributed by atoms with Crippen molar-refractivity contribution in [3.63, 3.8) is 0 Å². The molecule has 1 saturated carbocycles. The summed E-state index contributed by atoms with van der Waals surface area (Å²) in [6.07, 6.45) is 2.46. The maximum absolute atomic E-state index is 6.18. The van der Waals surface area contributed by atoms with Crippen molar-refractivity contribution in [1.29, 1.82) is 0 Å². The van der Waals surface area contributed by atoms with Crippen LogP contribution in [0.4, 0.5) is 0 Å². The summed E-state index contributed by atoms with van der Waals surface area (Å²) in [5.74, 6) is 0.622. The van der Waals surface area contributed by atoms with Crippen molar-refractivity contribution in [1.82, 2.24) is 10.2 Å². The molecule has 0 unspecified atom stereocenters. The molecule has 1 aliphatic rings. The zero-order valence-corrected chi connectivity index (χ0v) is 11.9. The molecule has 3 rings (SSSR count). The molecule has 5 heteroatoms. The van der Waals surface area contributed by atoms with Crippen LogP contribution in [0, 0.1) is 0 Å². The molecule has 0 amide bonds. The Morgan fingerprint density at radius 1 is 1.29 bits per heavy atom. The van der Waals surface area contributed by atoms with Gasteiger partial charge in [0.1, 0.15) is 5.69 Å². The Morgan fingerprint density at radius 2 is 2.06 bits per heavy atom. The minimum Gasteiger partial charge on any atom is -0.280 e. The number of nitrogens with one attached hydrogen (secondary N) is 1. The van der Waals surface area contributed by atoms with Gasteiger partial charge in [-0.1, -0.05) is 23.2 Å². The summed E-state index contributed by atoms with van der Waals surface area (Å²) in [7, 11) is 0. The third-order valence-corrected chi connectivity index (χ3v) is 4.25. The second-order valence-corrected chi connectivity index (χ2v) is 5.83. The van der Waals surface area contributed by atoms with Gasteiger partial charge in [0.25, 0.3) is 0 Å². The van der Waals surface area contributed by atoms with Gasteiger partial charge in [-0.3, -0.25) is 5.10 Å². The number of hydrogen-bond acceptors (Lipinski definition) is 1. The summed E-state index contributed by atoms with van der Waals surface area (Å²) in [6.45, 7) is 0. The summed E-state index contributed by atoms with van der Waals surface area (Å²) < 4.78 is 1.02. The largest absolute Gasteiger partial charge is 0.280 e. The normalized spacial score (nSPS) is 15.2. The van der Waals surface area contributed by atoms with Crippen molar-refractivity contribution in [2.75, 3.05) is 0 Å². The monoisotopic (exact) mass is 330 g/mol. The Bertz CT molecular complexity index is 576. The summed E-state index contributed by atoms with van der Waals surface area (Å²) in [4.78, 5) is 0. The number of hydrogen-bond donors (Lipinski definition) is 1. The molecule has 0 bridgehead atoms. The average Bonchev–Trinajstić information content (AvgIpc) is 3.04. The molecular weight excluding hydrogens is 323 g/mol. The molecule has 2 nitrogen and oxygen atoms in total. The summed E-state index contributed by atoms with van der Waals surface area (Å²) in [5, 5.41) is 8.68. The number of nitrogens with zero attached hydrogens (tertiary/aromatic N) is 1. The zero-order chi connectivity index (χ0) is 12.0. The molecule has 0 spiro atoms. The molecule has 1 aromatic carbocycles. The fraction of sp³-hybridized carbons (Fsp3) is 0.250. The summed E-state index contributed by atoms with van der Waals surface area (Å²) in [6, 6.07) is 5.44. The number of aromatic amines is 1. The van der Waals surface area contributed by atoms with E-state index in [1.807, 2.05) is 12.1 Å². The SMILES string of the molecule is Clc1ccc(-c2n[nH]c(C3CC3)c2Br)c(Cl)c1. The lowest BCUT2D eigenvalue weighted by Crippen LogP contribution is -1.81. The van der Waals surface area contributed by atoms with Crippen LogP contribution in [0.5, 0.6) is 0 Å². The quantitative estimate of drug-likeness (QED) is 0.822. The second kappa shape index (κ2) is 4.30. The lowest BCUT2D eigenvalue weighted by atomic mass is 10.1. The first kappa shape index (κ1) is 11.6.